The fraction of sp³-hybridized carbons (Fsp3) is 0.400. The molecular formula is C25H30ClN5O3. The third-order valence-electron chi connectivity index (χ3n) is 6.37. The van der Waals surface area contributed by atoms with Crippen LogP contribution in [-0.4, -0.2) is 79.4 Å². The zero-order valence-electron chi connectivity index (χ0n) is 19.3. The number of hydrogen-bond donors (Lipinski definition) is 2. The lowest BCUT2D eigenvalue weighted by molar-refractivity contribution is -0.145. The third-order valence-corrected chi connectivity index (χ3v) is 6.62. The summed E-state index contributed by atoms with van der Waals surface area (Å²) in [6, 6.07) is 14.4. The second kappa shape index (κ2) is 10.9. The van der Waals surface area contributed by atoms with Crippen LogP contribution in [0.15, 0.2) is 48.5 Å². The van der Waals surface area contributed by atoms with Gasteiger partial charge in [-0.25, -0.2) is 0 Å². The van der Waals surface area contributed by atoms with Crippen LogP contribution < -0.4 is 15.5 Å². The molecule has 9 heteroatoms. The third kappa shape index (κ3) is 5.87. The summed E-state index contributed by atoms with van der Waals surface area (Å²) in [4.78, 5) is 44.3. The minimum Gasteiger partial charge on any atom is -0.369 e. The first kappa shape index (κ1) is 24.0. The van der Waals surface area contributed by atoms with E-state index in [-0.39, 0.29) is 30.7 Å². The zero-order chi connectivity index (χ0) is 24.1. The van der Waals surface area contributed by atoms with Crippen LogP contribution in [-0.2, 0) is 14.4 Å². The topological polar surface area (TPSA) is 85.0 Å². The van der Waals surface area contributed by atoms with Crippen LogP contribution in [0.5, 0.6) is 0 Å². The predicted octanol–water partition coefficient (Wildman–Crippen LogP) is 2.13. The summed E-state index contributed by atoms with van der Waals surface area (Å²) in [5.41, 5.74) is 2.76. The normalized spacial score (nSPS) is 19.0. The molecule has 2 aliphatic rings. The number of amides is 3. The summed E-state index contributed by atoms with van der Waals surface area (Å²) in [7, 11) is 0. The molecule has 4 rings (SSSR count). The summed E-state index contributed by atoms with van der Waals surface area (Å²) < 4.78 is 0. The molecule has 2 aromatic rings. The van der Waals surface area contributed by atoms with Crippen LogP contribution in [0.25, 0.3) is 0 Å². The number of piperazine rings is 2. The molecule has 0 unspecified atom stereocenters. The Morgan fingerprint density at radius 2 is 1.74 bits per heavy atom. The number of benzene rings is 2. The molecule has 2 saturated heterocycles. The maximum absolute atomic E-state index is 13.1. The van der Waals surface area contributed by atoms with E-state index >= 15 is 0 Å². The monoisotopic (exact) mass is 483 g/mol. The Balaban J connectivity index is 1.32. The maximum Gasteiger partial charge on any atom is 0.243 e. The highest BCUT2D eigenvalue weighted by molar-refractivity contribution is 6.30. The standard InChI is InChI=1S/C25H30ClN5O3/c1-18-4-2-3-5-21(18)28-23(32)16-22-25(34)27-10-11-31(22)24(33)17-29-12-14-30(15-13-29)20-8-6-19(26)7-9-20/h2-9,22H,10-17H2,1H3,(H,27,34)(H,28,32)/t22-/m1/s1. The number of aryl methyl sites for hydroxylation is 1. The number of halogens is 1. The van der Waals surface area contributed by atoms with Crippen LogP contribution >= 0.6 is 11.6 Å². The van der Waals surface area contributed by atoms with Crippen molar-refractivity contribution in [3.05, 3.63) is 59.1 Å². The van der Waals surface area contributed by atoms with Crippen molar-refractivity contribution in [2.45, 2.75) is 19.4 Å². The highest BCUT2D eigenvalue weighted by Gasteiger charge is 2.35. The quantitative estimate of drug-likeness (QED) is 0.657. The fourth-order valence-electron chi connectivity index (χ4n) is 4.40. The number of anilines is 2. The van der Waals surface area contributed by atoms with Gasteiger partial charge in [-0.1, -0.05) is 29.8 Å². The van der Waals surface area contributed by atoms with Crippen LogP contribution in [0.1, 0.15) is 12.0 Å². The molecule has 2 aromatic carbocycles. The first-order valence-electron chi connectivity index (χ1n) is 11.6. The number of rotatable bonds is 6. The van der Waals surface area contributed by atoms with Crippen molar-refractivity contribution >= 4 is 40.7 Å². The average Bonchev–Trinajstić information content (AvgIpc) is 2.83. The number of carbonyl (C=O) groups is 3. The van der Waals surface area contributed by atoms with Gasteiger partial charge in [0.1, 0.15) is 6.04 Å². The molecule has 0 aromatic heterocycles. The Labute approximate surface area is 204 Å². The van der Waals surface area contributed by atoms with Gasteiger partial charge in [0.15, 0.2) is 0 Å². The van der Waals surface area contributed by atoms with Crippen molar-refractivity contribution in [1.82, 2.24) is 15.1 Å². The first-order valence-corrected chi connectivity index (χ1v) is 11.9. The molecule has 2 heterocycles. The highest BCUT2D eigenvalue weighted by Crippen LogP contribution is 2.20. The molecule has 3 amide bonds. The second-order valence-corrected chi connectivity index (χ2v) is 9.14. The Bertz CT molecular complexity index is 1040. The molecule has 180 valence electrons. The van der Waals surface area contributed by atoms with Crippen molar-refractivity contribution in [2.24, 2.45) is 0 Å². The van der Waals surface area contributed by atoms with Crippen LogP contribution in [0, 0.1) is 6.92 Å². The van der Waals surface area contributed by atoms with Gasteiger partial charge in [-0.2, -0.15) is 0 Å². The van der Waals surface area contributed by atoms with Crippen molar-refractivity contribution in [2.75, 3.05) is 56.0 Å². The van der Waals surface area contributed by atoms with Crippen LogP contribution in [0.4, 0.5) is 11.4 Å². The average molecular weight is 484 g/mol. The highest BCUT2D eigenvalue weighted by atomic mass is 35.5. The van der Waals surface area contributed by atoms with E-state index < -0.39 is 6.04 Å². The van der Waals surface area contributed by atoms with Gasteiger partial charge in [-0.15, -0.1) is 0 Å². The van der Waals surface area contributed by atoms with E-state index in [1.807, 2.05) is 55.5 Å². The summed E-state index contributed by atoms with van der Waals surface area (Å²) >= 11 is 5.98. The smallest absolute Gasteiger partial charge is 0.243 e. The SMILES string of the molecule is Cc1ccccc1NC(=O)C[C@@H]1C(=O)NCCN1C(=O)CN1CCN(c2ccc(Cl)cc2)CC1. The van der Waals surface area contributed by atoms with E-state index in [1.165, 1.54) is 0 Å². The molecule has 34 heavy (non-hydrogen) atoms. The van der Waals surface area contributed by atoms with Gasteiger partial charge in [0.25, 0.3) is 0 Å². The Kier molecular flexibility index (Phi) is 7.70. The molecule has 2 fully saturated rings. The molecular weight excluding hydrogens is 454 g/mol. The minimum absolute atomic E-state index is 0.0732. The van der Waals surface area contributed by atoms with E-state index in [1.54, 1.807) is 4.90 Å². The van der Waals surface area contributed by atoms with E-state index in [0.717, 1.165) is 37.4 Å². The minimum atomic E-state index is -0.805. The Morgan fingerprint density at radius 1 is 1.03 bits per heavy atom. The van der Waals surface area contributed by atoms with Crippen molar-refractivity contribution < 1.29 is 14.4 Å². The molecule has 8 nitrogen and oxygen atoms in total. The van der Waals surface area contributed by atoms with Gasteiger partial charge in [0, 0.05) is 55.7 Å². The molecule has 0 aliphatic carbocycles. The van der Waals surface area contributed by atoms with Gasteiger partial charge in [-0.05, 0) is 42.8 Å². The molecule has 0 radical (unpaired) electrons. The van der Waals surface area contributed by atoms with Crippen molar-refractivity contribution in [3.63, 3.8) is 0 Å². The first-order chi connectivity index (χ1) is 16.4. The number of hydrogen-bond acceptors (Lipinski definition) is 5. The summed E-state index contributed by atoms with van der Waals surface area (Å²) in [6.45, 7) is 6.03. The lowest BCUT2D eigenvalue weighted by Gasteiger charge is -2.39. The van der Waals surface area contributed by atoms with Gasteiger partial charge in [0.05, 0.1) is 13.0 Å². The summed E-state index contributed by atoms with van der Waals surface area (Å²) in [6.07, 6.45) is -0.0732. The van der Waals surface area contributed by atoms with Crippen molar-refractivity contribution in [3.8, 4) is 0 Å². The van der Waals surface area contributed by atoms with Crippen LogP contribution in [0.3, 0.4) is 0 Å². The summed E-state index contributed by atoms with van der Waals surface area (Å²) in [5, 5.41) is 6.36. The Hall–Kier alpha value is -3.10. The molecule has 0 saturated carbocycles. The maximum atomic E-state index is 13.1. The summed E-state index contributed by atoms with van der Waals surface area (Å²) in [5.74, 6) is -0.693. The lowest BCUT2D eigenvalue weighted by atomic mass is 10.1. The largest absolute Gasteiger partial charge is 0.369 e. The van der Waals surface area contributed by atoms with E-state index in [9.17, 15) is 14.4 Å². The van der Waals surface area contributed by atoms with Crippen LogP contribution in [0.2, 0.25) is 5.02 Å². The van der Waals surface area contributed by atoms with Gasteiger partial charge in [-0.3, -0.25) is 19.3 Å². The van der Waals surface area contributed by atoms with E-state index in [4.69, 9.17) is 11.6 Å². The molecule has 0 spiro atoms. The lowest BCUT2D eigenvalue weighted by Crippen LogP contribution is -2.60. The van der Waals surface area contributed by atoms with E-state index in [0.29, 0.717) is 23.8 Å². The molecule has 2 aliphatic heterocycles. The van der Waals surface area contributed by atoms with Gasteiger partial charge < -0.3 is 20.4 Å². The predicted molar refractivity (Wildman–Crippen MR) is 133 cm³/mol. The Morgan fingerprint density at radius 3 is 2.44 bits per heavy atom. The molecule has 0 bridgehead atoms. The zero-order valence-corrected chi connectivity index (χ0v) is 20.1. The molecule has 2 N–H and O–H groups in total. The second-order valence-electron chi connectivity index (χ2n) is 8.70. The number of nitrogens with zero attached hydrogens (tertiary/aromatic N) is 3. The van der Waals surface area contributed by atoms with E-state index in [2.05, 4.69) is 20.4 Å². The number of carbonyl (C=O) groups excluding carboxylic acids is 3. The number of para-hydroxylation sites is 1. The van der Waals surface area contributed by atoms with Gasteiger partial charge in [0.2, 0.25) is 17.7 Å². The fourth-order valence-corrected chi connectivity index (χ4v) is 4.53. The number of nitrogens with one attached hydrogen (secondary N) is 2. The molecule has 1 atom stereocenters. The van der Waals surface area contributed by atoms with Crippen molar-refractivity contribution in [1.29, 1.82) is 0 Å². The van der Waals surface area contributed by atoms with Gasteiger partial charge >= 0.3 is 0 Å².